The van der Waals surface area contributed by atoms with E-state index in [1.54, 1.807) is 0 Å². The van der Waals surface area contributed by atoms with Crippen molar-refractivity contribution in [3.8, 4) is 5.75 Å². The van der Waals surface area contributed by atoms with Crippen LogP contribution < -0.4 is 10.1 Å². The van der Waals surface area contributed by atoms with Crippen LogP contribution in [0.25, 0.3) is 0 Å². The second-order valence-electron chi connectivity index (χ2n) is 10.1. The van der Waals surface area contributed by atoms with Crippen molar-refractivity contribution in [2.45, 2.75) is 70.8 Å². The average Bonchev–Trinajstić information content (AvgIpc) is 3.46. The number of ether oxygens (including phenoxy) is 1. The van der Waals surface area contributed by atoms with Crippen LogP contribution in [0.1, 0.15) is 60.6 Å². The van der Waals surface area contributed by atoms with E-state index in [9.17, 15) is 9.59 Å². The Hall–Kier alpha value is -2.96. The van der Waals surface area contributed by atoms with Crippen molar-refractivity contribution in [3.63, 3.8) is 0 Å². The molecule has 3 aromatic rings. The van der Waals surface area contributed by atoms with Crippen LogP contribution in [0.5, 0.6) is 5.75 Å². The van der Waals surface area contributed by atoms with Crippen LogP contribution in [0.2, 0.25) is 0 Å². The SMILES string of the molecule is CCCN(CCc1cccs1)[C@H]1CCc2c(cccc2OC(=O)CCCNC(=O)CCc2ccccc2)C1. The van der Waals surface area contributed by atoms with E-state index in [1.165, 1.54) is 16.0 Å². The summed E-state index contributed by atoms with van der Waals surface area (Å²) in [6, 6.07) is 21.0. The fraction of sp³-hybridized carbons (Fsp3) is 0.438. The molecule has 1 aliphatic carbocycles. The highest BCUT2D eigenvalue weighted by molar-refractivity contribution is 7.09. The van der Waals surface area contributed by atoms with Gasteiger partial charge in [0.05, 0.1) is 0 Å². The van der Waals surface area contributed by atoms with E-state index in [2.05, 4.69) is 40.7 Å². The Kier molecular flexibility index (Phi) is 11.0. The van der Waals surface area contributed by atoms with Crippen molar-refractivity contribution >= 4 is 23.2 Å². The third-order valence-corrected chi connectivity index (χ3v) is 8.19. The van der Waals surface area contributed by atoms with Crippen molar-refractivity contribution < 1.29 is 14.3 Å². The lowest BCUT2D eigenvalue weighted by atomic mass is 9.86. The number of carbonyl (C=O) groups excluding carboxylic acids is 2. The molecule has 0 spiro atoms. The van der Waals surface area contributed by atoms with Crippen molar-refractivity contribution in [2.75, 3.05) is 19.6 Å². The Balaban J connectivity index is 1.21. The first-order chi connectivity index (χ1) is 18.6. The Morgan fingerprint density at radius 1 is 1.00 bits per heavy atom. The summed E-state index contributed by atoms with van der Waals surface area (Å²) in [5, 5.41) is 5.07. The summed E-state index contributed by atoms with van der Waals surface area (Å²) < 4.78 is 5.80. The third kappa shape index (κ3) is 8.53. The molecule has 1 heterocycles. The molecular formula is C32H40N2O3S. The predicted molar refractivity (Wildman–Crippen MR) is 155 cm³/mol. The minimum atomic E-state index is -0.234. The van der Waals surface area contributed by atoms with Gasteiger partial charge in [0.15, 0.2) is 0 Å². The molecule has 0 aliphatic heterocycles. The Labute approximate surface area is 231 Å². The lowest BCUT2D eigenvalue weighted by molar-refractivity contribution is -0.134. The van der Waals surface area contributed by atoms with E-state index in [-0.39, 0.29) is 18.3 Å². The molecule has 1 aliphatic rings. The van der Waals surface area contributed by atoms with Crippen molar-refractivity contribution in [1.82, 2.24) is 10.2 Å². The highest BCUT2D eigenvalue weighted by Crippen LogP contribution is 2.32. The normalized spacial score (nSPS) is 14.7. The minimum absolute atomic E-state index is 0.0152. The van der Waals surface area contributed by atoms with Gasteiger partial charge in [-0.15, -0.1) is 11.3 Å². The standard InChI is InChI=1S/C32H40N2O3S/c1-2-21-34(22-19-28-12-8-23-38-28)27-16-17-29-26(24-27)11-6-13-30(29)37-32(36)14-7-20-33-31(35)18-15-25-9-4-3-5-10-25/h3-6,8-13,23,27H,2,7,14-22,24H2,1H3,(H,33,35)/t27-/m0/s1. The predicted octanol–water partition coefficient (Wildman–Crippen LogP) is 5.99. The van der Waals surface area contributed by atoms with Gasteiger partial charge in [0.1, 0.15) is 5.75 Å². The van der Waals surface area contributed by atoms with E-state index in [4.69, 9.17) is 4.74 Å². The van der Waals surface area contributed by atoms with E-state index < -0.39 is 0 Å². The molecule has 0 unspecified atom stereocenters. The minimum Gasteiger partial charge on any atom is -0.426 e. The van der Waals surface area contributed by atoms with E-state index in [0.29, 0.717) is 31.2 Å². The van der Waals surface area contributed by atoms with Gasteiger partial charge in [-0.2, -0.15) is 0 Å². The van der Waals surface area contributed by atoms with Crippen molar-refractivity contribution in [3.05, 3.63) is 87.6 Å². The molecule has 1 amide bonds. The lowest BCUT2D eigenvalue weighted by Crippen LogP contribution is -2.41. The number of amides is 1. The molecular weight excluding hydrogens is 492 g/mol. The monoisotopic (exact) mass is 532 g/mol. The first-order valence-electron chi connectivity index (χ1n) is 14.0. The fourth-order valence-corrected chi connectivity index (χ4v) is 5.96. The zero-order valence-electron chi connectivity index (χ0n) is 22.5. The number of hydrogen-bond acceptors (Lipinski definition) is 5. The topological polar surface area (TPSA) is 58.6 Å². The Morgan fingerprint density at radius 3 is 2.66 bits per heavy atom. The molecule has 0 saturated heterocycles. The number of fused-ring (bicyclic) bond motifs is 1. The molecule has 4 rings (SSSR count). The molecule has 0 bridgehead atoms. The van der Waals surface area contributed by atoms with Gasteiger partial charge in [-0.3, -0.25) is 14.5 Å². The van der Waals surface area contributed by atoms with Crippen molar-refractivity contribution in [2.24, 2.45) is 0 Å². The molecule has 202 valence electrons. The van der Waals surface area contributed by atoms with Gasteiger partial charge in [-0.05, 0) is 85.7 Å². The van der Waals surface area contributed by atoms with Crippen LogP contribution in [0.15, 0.2) is 66.0 Å². The van der Waals surface area contributed by atoms with Gasteiger partial charge in [0.25, 0.3) is 0 Å². The summed E-state index contributed by atoms with van der Waals surface area (Å²) >= 11 is 1.84. The van der Waals surface area contributed by atoms with E-state index >= 15 is 0 Å². The number of nitrogens with one attached hydrogen (secondary N) is 1. The van der Waals surface area contributed by atoms with Crippen LogP contribution in [-0.2, 0) is 35.3 Å². The molecule has 5 nitrogen and oxygen atoms in total. The van der Waals surface area contributed by atoms with Crippen LogP contribution in [0, 0.1) is 0 Å². The summed E-state index contributed by atoms with van der Waals surface area (Å²) in [4.78, 5) is 28.8. The maximum atomic E-state index is 12.6. The van der Waals surface area contributed by atoms with Gasteiger partial charge in [-0.25, -0.2) is 0 Å². The van der Waals surface area contributed by atoms with E-state index in [1.807, 2.05) is 53.8 Å². The van der Waals surface area contributed by atoms with Gasteiger partial charge < -0.3 is 10.1 Å². The summed E-state index contributed by atoms with van der Waals surface area (Å²) in [6.45, 7) is 4.94. The number of benzene rings is 2. The average molecular weight is 533 g/mol. The zero-order valence-corrected chi connectivity index (χ0v) is 23.3. The zero-order chi connectivity index (χ0) is 26.6. The number of aryl methyl sites for hydroxylation is 1. The molecule has 1 aromatic heterocycles. The molecule has 1 atom stereocenters. The van der Waals surface area contributed by atoms with Crippen LogP contribution in [0.3, 0.4) is 0 Å². The van der Waals surface area contributed by atoms with Gasteiger partial charge in [0, 0.05) is 36.9 Å². The maximum absolute atomic E-state index is 12.6. The maximum Gasteiger partial charge on any atom is 0.311 e. The molecule has 6 heteroatoms. The lowest BCUT2D eigenvalue weighted by Gasteiger charge is -2.35. The molecule has 0 fully saturated rings. The number of hydrogen-bond donors (Lipinski definition) is 1. The van der Waals surface area contributed by atoms with Gasteiger partial charge in [-0.1, -0.05) is 55.5 Å². The summed E-state index contributed by atoms with van der Waals surface area (Å²) in [7, 11) is 0. The highest BCUT2D eigenvalue weighted by Gasteiger charge is 2.26. The highest BCUT2D eigenvalue weighted by atomic mass is 32.1. The van der Waals surface area contributed by atoms with Gasteiger partial charge in [0.2, 0.25) is 5.91 Å². The number of carbonyl (C=O) groups is 2. The molecule has 0 radical (unpaired) electrons. The van der Waals surface area contributed by atoms with Crippen LogP contribution in [0.4, 0.5) is 0 Å². The third-order valence-electron chi connectivity index (χ3n) is 7.25. The summed E-state index contributed by atoms with van der Waals surface area (Å²) in [6.07, 6.45) is 7.31. The van der Waals surface area contributed by atoms with Crippen molar-refractivity contribution in [1.29, 1.82) is 0 Å². The molecule has 2 aromatic carbocycles. The quantitative estimate of drug-likeness (QED) is 0.157. The number of esters is 1. The fourth-order valence-electron chi connectivity index (χ4n) is 5.26. The van der Waals surface area contributed by atoms with Crippen LogP contribution >= 0.6 is 11.3 Å². The molecule has 38 heavy (non-hydrogen) atoms. The first kappa shape index (κ1) is 28.1. The molecule has 0 saturated carbocycles. The first-order valence-corrected chi connectivity index (χ1v) is 14.9. The smallest absolute Gasteiger partial charge is 0.311 e. The second kappa shape index (κ2) is 14.8. The second-order valence-corrected chi connectivity index (χ2v) is 11.1. The van der Waals surface area contributed by atoms with E-state index in [0.717, 1.165) is 57.2 Å². The van der Waals surface area contributed by atoms with Gasteiger partial charge >= 0.3 is 5.97 Å². The Morgan fingerprint density at radius 2 is 1.87 bits per heavy atom. The summed E-state index contributed by atoms with van der Waals surface area (Å²) in [5.41, 5.74) is 3.63. The number of thiophene rings is 1. The Bertz CT molecular complexity index is 1150. The molecule has 1 N–H and O–H groups in total. The largest absolute Gasteiger partial charge is 0.426 e. The number of nitrogens with zero attached hydrogens (tertiary/aromatic N) is 1. The number of rotatable bonds is 14. The van der Waals surface area contributed by atoms with Crippen LogP contribution in [-0.4, -0.2) is 42.5 Å². The summed E-state index contributed by atoms with van der Waals surface area (Å²) in [5.74, 6) is 0.488.